The number of hydrogen-bond donors (Lipinski definition) is 1. The summed E-state index contributed by atoms with van der Waals surface area (Å²) in [6.07, 6.45) is 3.94. The summed E-state index contributed by atoms with van der Waals surface area (Å²) in [5.41, 5.74) is 1.35. The molecule has 1 heterocycles. The zero-order valence-corrected chi connectivity index (χ0v) is 10.6. The molecule has 0 aromatic carbocycles. The Bertz CT molecular complexity index is 199. The second-order valence-electron chi connectivity index (χ2n) is 5.08. The predicted molar refractivity (Wildman–Crippen MR) is 67.1 cm³/mol. The van der Waals surface area contributed by atoms with Gasteiger partial charge in [-0.2, -0.15) is 0 Å². The van der Waals surface area contributed by atoms with Crippen molar-refractivity contribution in [1.29, 1.82) is 0 Å². The lowest BCUT2D eigenvalue weighted by Crippen LogP contribution is -2.40. The number of nitrogens with zero attached hydrogens (tertiary/aromatic N) is 1. The van der Waals surface area contributed by atoms with Crippen LogP contribution < -0.4 is 5.32 Å². The number of likely N-dealkylation sites (tertiary alicyclic amines) is 1. The van der Waals surface area contributed by atoms with E-state index in [1.165, 1.54) is 37.9 Å². The lowest BCUT2D eigenvalue weighted by atomic mass is 9.91. The summed E-state index contributed by atoms with van der Waals surface area (Å²) >= 11 is 0. The van der Waals surface area contributed by atoms with Crippen LogP contribution in [0.1, 0.15) is 33.1 Å². The molecule has 2 nitrogen and oxygen atoms in total. The Kier molecular flexibility index (Phi) is 5.34. The van der Waals surface area contributed by atoms with Gasteiger partial charge in [-0.15, -0.1) is 0 Å². The Hall–Kier alpha value is -0.340. The van der Waals surface area contributed by atoms with Crippen LogP contribution in [0.3, 0.4) is 0 Å². The molecule has 1 unspecified atom stereocenters. The minimum atomic E-state index is 0.699. The van der Waals surface area contributed by atoms with E-state index in [2.05, 4.69) is 30.6 Å². The van der Waals surface area contributed by atoms with Crippen LogP contribution in [0, 0.1) is 5.92 Å². The molecule has 1 N–H and O–H groups in total. The highest BCUT2D eigenvalue weighted by atomic mass is 15.2. The molecule has 2 heteroatoms. The second-order valence-corrected chi connectivity index (χ2v) is 5.08. The summed E-state index contributed by atoms with van der Waals surface area (Å²) in [6.45, 7) is 12.2. The smallest absolute Gasteiger partial charge is 0.0159 e. The molecule has 0 aromatic heterocycles. The average Bonchev–Trinajstić information content (AvgIpc) is 2.18. The highest BCUT2D eigenvalue weighted by Crippen LogP contribution is 2.23. The van der Waals surface area contributed by atoms with Crippen molar-refractivity contribution >= 4 is 0 Å². The van der Waals surface area contributed by atoms with E-state index in [4.69, 9.17) is 0 Å². The van der Waals surface area contributed by atoms with E-state index in [1.807, 2.05) is 7.05 Å². The first-order valence-electron chi connectivity index (χ1n) is 6.18. The van der Waals surface area contributed by atoms with Gasteiger partial charge in [-0.05, 0) is 52.6 Å². The molecule has 1 aliphatic rings. The lowest BCUT2D eigenvalue weighted by Gasteiger charge is -2.35. The first kappa shape index (κ1) is 12.7. The SMILES string of the molecule is C=C(CNC)CC1CCCN(C(C)C)C1. The van der Waals surface area contributed by atoms with Crippen LogP contribution in [0.2, 0.25) is 0 Å². The van der Waals surface area contributed by atoms with Crippen LogP contribution >= 0.6 is 0 Å². The monoisotopic (exact) mass is 210 g/mol. The maximum atomic E-state index is 4.13. The van der Waals surface area contributed by atoms with Gasteiger partial charge < -0.3 is 10.2 Å². The van der Waals surface area contributed by atoms with Crippen LogP contribution in [0.15, 0.2) is 12.2 Å². The van der Waals surface area contributed by atoms with Gasteiger partial charge in [0.2, 0.25) is 0 Å². The predicted octanol–water partition coefficient (Wildman–Crippen LogP) is 2.27. The third kappa shape index (κ3) is 4.35. The molecular weight excluding hydrogens is 184 g/mol. The molecule has 0 amide bonds. The van der Waals surface area contributed by atoms with E-state index in [-0.39, 0.29) is 0 Å². The van der Waals surface area contributed by atoms with Crippen molar-refractivity contribution in [2.45, 2.75) is 39.2 Å². The van der Waals surface area contributed by atoms with Gasteiger partial charge in [0.05, 0.1) is 0 Å². The van der Waals surface area contributed by atoms with Gasteiger partial charge in [0.15, 0.2) is 0 Å². The zero-order chi connectivity index (χ0) is 11.3. The summed E-state index contributed by atoms with van der Waals surface area (Å²) < 4.78 is 0. The fraction of sp³-hybridized carbons (Fsp3) is 0.846. The van der Waals surface area contributed by atoms with Gasteiger partial charge in [-0.3, -0.25) is 0 Å². The zero-order valence-electron chi connectivity index (χ0n) is 10.6. The van der Waals surface area contributed by atoms with Crippen LogP contribution in [0.5, 0.6) is 0 Å². The first-order valence-corrected chi connectivity index (χ1v) is 6.18. The Balaban J connectivity index is 2.33. The number of rotatable bonds is 5. The van der Waals surface area contributed by atoms with Crippen LogP contribution in [-0.2, 0) is 0 Å². The van der Waals surface area contributed by atoms with Crippen molar-refractivity contribution < 1.29 is 0 Å². The van der Waals surface area contributed by atoms with Gasteiger partial charge in [0.1, 0.15) is 0 Å². The van der Waals surface area contributed by atoms with E-state index in [9.17, 15) is 0 Å². The van der Waals surface area contributed by atoms with Gasteiger partial charge in [-0.1, -0.05) is 12.2 Å². The highest BCUT2D eigenvalue weighted by molar-refractivity contribution is 4.99. The summed E-state index contributed by atoms with van der Waals surface area (Å²) in [5, 5.41) is 3.18. The fourth-order valence-electron chi connectivity index (χ4n) is 2.46. The molecule has 15 heavy (non-hydrogen) atoms. The van der Waals surface area contributed by atoms with Crippen molar-refractivity contribution in [3.05, 3.63) is 12.2 Å². The topological polar surface area (TPSA) is 15.3 Å². The van der Waals surface area contributed by atoms with Gasteiger partial charge in [-0.25, -0.2) is 0 Å². The summed E-state index contributed by atoms with van der Waals surface area (Å²) in [7, 11) is 1.99. The van der Waals surface area contributed by atoms with Gasteiger partial charge in [0, 0.05) is 19.1 Å². The fourth-order valence-corrected chi connectivity index (χ4v) is 2.46. The number of piperidine rings is 1. The molecule has 0 radical (unpaired) electrons. The molecule has 0 aromatic rings. The van der Waals surface area contributed by atoms with Crippen LogP contribution in [0.25, 0.3) is 0 Å². The normalized spacial score (nSPS) is 23.3. The number of likely N-dealkylation sites (N-methyl/N-ethyl adjacent to an activating group) is 1. The van der Waals surface area contributed by atoms with E-state index in [0.717, 1.165) is 12.5 Å². The summed E-state index contributed by atoms with van der Waals surface area (Å²) in [4.78, 5) is 2.60. The van der Waals surface area contributed by atoms with Crippen molar-refractivity contribution in [3.8, 4) is 0 Å². The van der Waals surface area contributed by atoms with Crippen molar-refractivity contribution in [3.63, 3.8) is 0 Å². The summed E-state index contributed by atoms with van der Waals surface area (Å²) in [6, 6.07) is 0.699. The largest absolute Gasteiger partial charge is 0.316 e. The minimum absolute atomic E-state index is 0.699. The van der Waals surface area contributed by atoms with Crippen LogP contribution in [0.4, 0.5) is 0 Å². The Labute approximate surface area is 94.7 Å². The molecule has 1 aliphatic heterocycles. The first-order chi connectivity index (χ1) is 7.13. The molecule has 1 saturated heterocycles. The Morgan fingerprint density at radius 3 is 2.87 bits per heavy atom. The minimum Gasteiger partial charge on any atom is -0.316 e. The van der Waals surface area contributed by atoms with Crippen molar-refractivity contribution in [2.75, 3.05) is 26.7 Å². The van der Waals surface area contributed by atoms with Crippen molar-refractivity contribution in [1.82, 2.24) is 10.2 Å². The molecule has 1 atom stereocenters. The third-order valence-corrected chi connectivity index (χ3v) is 3.28. The van der Waals surface area contributed by atoms with Gasteiger partial charge in [0.25, 0.3) is 0 Å². The number of hydrogen-bond acceptors (Lipinski definition) is 2. The molecule has 0 saturated carbocycles. The average molecular weight is 210 g/mol. The molecule has 88 valence electrons. The van der Waals surface area contributed by atoms with Crippen LogP contribution in [-0.4, -0.2) is 37.6 Å². The standard InChI is InChI=1S/C13H26N2/c1-11(2)15-7-5-6-13(10-15)8-12(3)9-14-4/h11,13-14H,3,5-10H2,1-2,4H3. The van der Waals surface area contributed by atoms with E-state index in [1.54, 1.807) is 0 Å². The highest BCUT2D eigenvalue weighted by Gasteiger charge is 2.21. The van der Waals surface area contributed by atoms with E-state index < -0.39 is 0 Å². The molecule has 1 rings (SSSR count). The van der Waals surface area contributed by atoms with Crippen molar-refractivity contribution in [2.24, 2.45) is 5.92 Å². The molecule has 0 aliphatic carbocycles. The summed E-state index contributed by atoms with van der Waals surface area (Å²) in [5.74, 6) is 0.835. The molecular formula is C13H26N2. The molecule has 0 bridgehead atoms. The van der Waals surface area contributed by atoms with E-state index in [0.29, 0.717) is 6.04 Å². The quantitative estimate of drug-likeness (QED) is 0.700. The molecule has 1 fully saturated rings. The maximum absolute atomic E-state index is 4.13. The number of nitrogens with one attached hydrogen (secondary N) is 1. The second kappa shape index (κ2) is 6.29. The lowest BCUT2D eigenvalue weighted by molar-refractivity contribution is 0.139. The maximum Gasteiger partial charge on any atom is 0.0159 e. The molecule has 0 spiro atoms. The van der Waals surface area contributed by atoms with Gasteiger partial charge >= 0.3 is 0 Å². The Morgan fingerprint density at radius 1 is 1.53 bits per heavy atom. The Morgan fingerprint density at radius 2 is 2.27 bits per heavy atom. The van der Waals surface area contributed by atoms with E-state index >= 15 is 0 Å². The third-order valence-electron chi connectivity index (χ3n) is 3.28.